The largest absolute Gasteiger partial charge is 0.311 e. The van der Waals surface area contributed by atoms with Crippen molar-refractivity contribution in [1.29, 1.82) is 0 Å². The Labute approximate surface area is 518 Å². The van der Waals surface area contributed by atoms with E-state index in [0.717, 1.165) is 39.7 Å². The summed E-state index contributed by atoms with van der Waals surface area (Å²) in [6.07, 6.45) is 0. The van der Waals surface area contributed by atoms with Crippen LogP contribution in [0.5, 0.6) is 0 Å². The molecule has 0 bridgehead atoms. The zero-order valence-corrected chi connectivity index (χ0v) is 49.1. The Bertz CT molecular complexity index is 4830. The van der Waals surface area contributed by atoms with E-state index in [1.165, 1.54) is 104 Å². The average Bonchev–Trinajstić information content (AvgIpc) is 1.48. The van der Waals surface area contributed by atoms with Crippen molar-refractivity contribution in [3.05, 3.63) is 374 Å². The summed E-state index contributed by atoms with van der Waals surface area (Å²) >= 11 is 1.87. The number of rotatable bonds is 12. The standard InChI is InChI=1S/C85H58N2S/c1-4-20-59(21-5-1)62-38-48-68(49-39-62)86(69-50-40-63(41-51-69)60-22-6-2-7-23-60)72-56-46-66(47-57-72)85(81-35-15-12-30-77(81)75-28-10-11-29-76(75)78-31-13-16-36-82(78)85)67-26-18-27-73(58-67)87(70-52-42-64(43-53-70)61-24-8-3-9-25-61)71-54-44-65(45-55-71)74-33-19-34-80-79-32-14-17-37-83(79)88-84(74)80/h1-58H. The molecule has 0 saturated carbocycles. The van der Waals surface area contributed by atoms with E-state index in [9.17, 15) is 0 Å². The Hall–Kier alpha value is -11.1. The summed E-state index contributed by atoms with van der Waals surface area (Å²) in [5.41, 5.74) is 24.7. The number of thiophene rings is 1. The summed E-state index contributed by atoms with van der Waals surface area (Å²) in [7, 11) is 0. The van der Waals surface area contributed by atoms with E-state index in [2.05, 4.69) is 362 Å². The number of fused-ring (bicyclic) bond motifs is 8. The van der Waals surface area contributed by atoms with Crippen LogP contribution in [-0.4, -0.2) is 0 Å². The molecule has 1 aliphatic carbocycles. The van der Waals surface area contributed by atoms with Crippen molar-refractivity contribution < 1.29 is 0 Å². The Kier molecular flexibility index (Phi) is 13.3. The first-order valence-electron chi connectivity index (χ1n) is 30.2. The summed E-state index contributed by atoms with van der Waals surface area (Å²) in [4.78, 5) is 4.83. The van der Waals surface area contributed by atoms with Crippen molar-refractivity contribution in [2.75, 3.05) is 9.80 Å². The van der Waals surface area contributed by atoms with Crippen molar-refractivity contribution in [1.82, 2.24) is 0 Å². The molecule has 15 aromatic rings. The van der Waals surface area contributed by atoms with Gasteiger partial charge < -0.3 is 9.80 Å². The van der Waals surface area contributed by atoms with Crippen molar-refractivity contribution in [2.24, 2.45) is 0 Å². The fourth-order valence-electron chi connectivity index (χ4n) is 13.7. The van der Waals surface area contributed by atoms with Gasteiger partial charge in [-0.05, 0) is 168 Å². The highest BCUT2D eigenvalue weighted by Crippen LogP contribution is 2.56. The Balaban J connectivity index is 0.881. The summed E-state index contributed by atoms with van der Waals surface area (Å²) in [6.45, 7) is 0. The van der Waals surface area contributed by atoms with Gasteiger partial charge in [-0.3, -0.25) is 0 Å². The normalized spacial score (nSPS) is 12.2. The molecule has 16 rings (SSSR count). The molecule has 0 saturated heterocycles. The van der Waals surface area contributed by atoms with Crippen molar-refractivity contribution >= 4 is 65.6 Å². The second-order valence-corrected chi connectivity index (χ2v) is 23.8. The summed E-state index contributed by atoms with van der Waals surface area (Å²) in [6, 6.07) is 130. The zero-order chi connectivity index (χ0) is 58.4. The van der Waals surface area contributed by atoms with Crippen LogP contribution < -0.4 is 9.80 Å². The number of benzene rings is 14. The molecule has 0 aliphatic heterocycles. The molecule has 1 heterocycles. The molecule has 0 amide bonds. The maximum Gasteiger partial charge on any atom is 0.0714 e. The van der Waals surface area contributed by atoms with E-state index in [4.69, 9.17) is 0 Å². The van der Waals surface area contributed by atoms with Gasteiger partial charge >= 0.3 is 0 Å². The molecule has 0 radical (unpaired) electrons. The Morgan fingerprint density at radius 2 is 0.568 bits per heavy atom. The van der Waals surface area contributed by atoms with Crippen LogP contribution in [0.4, 0.5) is 34.1 Å². The number of hydrogen-bond donors (Lipinski definition) is 0. The lowest BCUT2D eigenvalue weighted by Gasteiger charge is -2.39. The minimum atomic E-state index is -0.810. The van der Waals surface area contributed by atoms with Crippen LogP contribution in [0, 0.1) is 0 Å². The molecule has 1 aliphatic rings. The number of nitrogens with zero attached hydrogens (tertiary/aromatic N) is 2. The highest BCUT2D eigenvalue weighted by atomic mass is 32.1. The Morgan fingerprint density at radius 1 is 0.216 bits per heavy atom. The quantitative estimate of drug-likeness (QED) is 0.120. The van der Waals surface area contributed by atoms with Crippen LogP contribution in [0.1, 0.15) is 22.3 Å². The van der Waals surface area contributed by atoms with E-state index in [1.807, 2.05) is 11.3 Å². The third kappa shape index (κ3) is 9.20. The molecular formula is C85H58N2S. The molecule has 0 unspecified atom stereocenters. The maximum atomic E-state index is 2.46. The molecule has 0 atom stereocenters. The van der Waals surface area contributed by atoms with Crippen LogP contribution >= 0.6 is 11.3 Å². The number of anilines is 6. The molecule has 14 aromatic carbocycles. The SMILES string of the molecule is c1ccc(-c2ccc(N(c3ccc(-c4ccccc4)cc3)c3ccc(C4(c5cccc(N(c6ccc(-c7ccccc7)cc6)c6ccc(-c7cccc8c7sc7ccccc78)cc6)c5)c5ccccc5-c5ccccc5-c5ccccc54)cc3)cc2)cc1. The van der Waals surface area contributed by atoms with Crippen LogP contribution in [0.15, 0.2) is 352 Å². The lowest BCUT2D eigenvalue weighted by Crippen LogP contribution is -2.32. The second kappa shape index (κ2) is 22.4. The van der Waals surface area contributed by atoms with Crippen LogP contribution in [0.25, 0.3) is 86.9 Å². The van der Waals surface area contributed by atoms with Gasteiger partial charge in [0, 0.05) is 54.3 Å². The number of hydrogen-bond acceptors (Lipinski definition) is 3. The van der Waals surface area contributed by atoms with E-state index in [-0.39, 0.29) is 0 Å². The first-order valence-corrected chi connectivity index (χ1v) is 31.0. The van der Waals surface area contributed by atoms with Gasteiger partial charge in [-0.25, -0.2) is 0 Å². The van der Waals surface area contributed by atoms with Gasteiger partial charge in [0.25, 0.3) is 0 Å². The molecule has 0 N–H and O–H groups in total. The van der Waals surface area contributed by atoms with Crippen molar-refractivity contribution in [3.63, 3.8) is 0 Å². The van der Waals surface area contributed by atoms with Crippen molar-refractivity contribution in [3.8, 4) is 66.8 Å². The molecule has 0 spiro atoms. The lowest BCUT2D eigenvalue weighted by atomic mass is 9.63. The molecule has 0 fully saturated rings. The van der Waals surface area contributed by atoms with Gasteiger partial charge in [0.15, 0.2) is 0 Å². The van der Waals surface area contributed by atoms with Gasteiger partial charge in [-0.15, -0.1) is 11.3 Å². The van der Waals surface area contributed by atoms with E-state index >= 15 is 0 Å². The first-order chi connectivity index (χ1) is 43.6. The van der Waals surface area contributed by atoms with Crippen LogP contribution in [0.2, 0.25) is 0 Å². The molecule has 414 valence electrons. The summed E-state index contributed by atoms with van der Waals surface area (Å²) < 4.78 is 2.62. The van der Waals surface area contributed by atoms with Gasteiger partial charge in [0.05, 0.1) is 5.41 Å². The topological polar surface area (TPSA) is 6.48 Å². The highest BCUT2D eigenvalue weighted by molar-refractivity contribution is 7.26. The van der Waals surface area contributed by atoms with E-state index < -0.39 is 5.41 Å². The molecule has 1 aromatic heterocycles. The molecule has 2 nitrogen and oxygen atoms in total. The van der Waals surface area contributed by atoms with Gasteiger partial charge in [-0.1, -0.05) is 273 Å². The van der Waals surface area contributed by atoms with Gasteiger partial charge in [-0.2, -0.15) is 0 Å². The molecule has 88 heavy (non-hydrogen) atoms. The zero-order valence-electron chi connectivity index (χ0n) is 48.3. The van der Waals surface area contributed by atoms with Crippen LogP contribution in [-0.2, 0) is 5.41 Å². The first kappa shape index (κ1) is 52.5. The summed E-state index contributed by atoms with van der Waals surface area (Å²) in [5, 5.41) is 2.60. The third-order valence-corrected chi connectivity index (χ3v) is 19.0. The fourth-order valence-corrected chi connectivity index (χ4v) is 14.9. The maximum absolute atomic E-state index is 2.46. The minimum Gasteiger partial charge on any atom is -0.311 e. The van der Waals surface area contributed by atoms with Crippen molar-refractivity contribution in [2.45, 2.75) is 5.41 Å². The van der Waals surface area contributed by atoms with Gasteiger partial charge in [0.2, 0.25) is 0 Å². The predicted octanol–water partition coefficient (Wildman–Crippen LogP) is 23.7. The minimum absolute atomic E-state index is 0.810. The van der Waals surface area contributed by atoms with Crippen LogP contribution in [0.3, 0.4) is 0 Å². The van der Waals surface area contributed by atoms with E-state index in [0.29, 0.717) is 0 Å². The lowest BCUT2D eigenvalue weighted by molar-refractivity contribution is 0.751. The average molecular weight is 1140 g/mol. The smallest absolute Gasteiger partial charge is 0.0714 e. The van der Waals surface area contributed by atoms with E-state index in [1.54, 1.807) is 0 Å². The summed E-state index contributed by atoms with van der Waals surface area (Å²) in [5.74, 6) is 0. The second-order valence-electron chi connectivity index (χ2n) is 22.7. The molecular weight excluding hydrogens is 1080 g/mol. The molecule has 3 heteroatoms. The van der Waals surface area contributed by atoms with Gasteiger partial charge in [0.1, 0.15) is 0 Å². The highest BCUT2D eigenvalue weighted by Gasteiger charge is 2.44. The third-order valence-electron chi connectivity index (χ3n) is 17.8. The monoisotopic (exact) mass is 1140 g/mol. The predicted molar refractivity (Wildman–Crippen MR) is 373 cm³/mol. The Morgan fingerprint density at radius 3 is 1.06 bits per heavy atom. The fraction of sp³-hybridized carbons (Fsp3) is 0.0118.